The molecule has 4 nitrogen and oxygen atoms in total. The molecule has 1 fully saturated rings. The summed E-state index contributed by atoms with van der Waals surface area (Å²) in [6.07, 6.45) is 4.75. The molecule has 0 aromatic heterocycles. The number of nitrogens with zero attached hydrogens (tertiary/aromatic N) is 1. The van der Waals surface area contributed by atoms with Gasteiger partial charge in [0.15, 0.2) is 0 Å². The number of nitrogens with one attached hydrogen (secondary N) is 1. The van der Waals surface area contributed by atoms with Gasteiger partial charge in [-0.25, -0.2) is 4.39 Å². The quantitative estimate of drug-likeness (QED) is 0.487. The molecule has 2 aromatic rings. The molecule has 0 radical (unpaired) electrons. The average Bonchev–Trinajstić information content (AvgIpc) is 3.28. The van der Waals surface area contributed by atoms with Gasteiger partial charge in [0.2, 0.25) is 11.8 Å². The fourth-order valence-electron chi connectivity index (χ4n) is 4.04. The zero-order chi connectivity index (χ0) is 22.9. The normalized spacial score (nSPS) is 14.8. The molecule has 32 heavy (non-hydrogen) atoms. The summed E-state index contributed by atoms with van der Waals surface area (Å²) in [5, 5.41) is 3.80. The van der Waals surface area contributed by atoms with Gasteiger partial charge in [0, 0.05) is 23.4 Å². The van der Waals surface area contributed by atoms with E-state index >= 15 is 0 Å². The molecule has 7 heteroatoms. The first-order valence-electron chi connectivity index (χ1n) is 11.1. The minimum absolute atomic E-state index is 0.102. The molecule has 1 aliphatic carbocycles. The first-order chi connectivity index (χ1) is 15.5. The average molecular weight is 477 g/mol. The largest absolute Gasteiger partial charge is 0.352 e. The van der Waals surface area contributed by atoms with Gasteiger partial charge in [-0.1, -0.05) is 55.6 Å². The maximum absolute atomic E-state index is 13.4. The van der Waals surface area contributed by atoms with Crippen LogP contribution in [0.4, 0.5) is 4.39 Å². The Morgan fingerprint density at radius 2 is 1.88 bits per heavy atom. The summed E-state index contributed by atoms with van der Waals surface area (Å²) in [4.78, 5) is 27.9. The van der Waals surface area contributed by atoms with Gasteiger partial charge in [-0.15, -0.1) is 11.8 Å². The van der Waals surface area contributed by atoms with Crippen molar-refractivity contribution in [2.75, 3.05) is 5.75 Å². The molecule has 2 aromatic carbocycles. The Bertz CT molecular complexity index is 903. The highest BCUT2D eigenvalue weighted by molar-refractivity contribution is 7.99. The summed E-state index contributed by atoms with van der Waals surface area (Å²) in [6.45, 7) is 2.19. The van der Waals surface area contributed by atoms with Crippen molar-refractivity contribution in [1.29, 1.82) is 0 Å². The van der Waals surface area contributed by atoms with Crippen LogP contribution in [0.2, 0.25) is 5.02 Å². The van der Waals surface area contributed by atoms with Crippen molar-refractivity contribution < 1.29 is 14.0 Å². The SMILES string of the molecule is CC[C@@H](C(=O)NC1CCCC1)N(Cc1ccc(F)cc1)C(=O)CSCc1cccc(Cl)c1. The molecular formula is C25H30ClFN2O2S. The Labute approximate surface area is 198 Å². The van der Waals surface area contributed by atoms with Crippen molar-refractivity contribution in [1.82, 2.24) is 10.2 Å². The Morgan fingerprint density at radius 3 is 2.53 bits per heavy atom. The van der Waals surface area contributed by atoms with Crippen LogP contribution in [0.5, 0.6) is 0 Å². The smallest absolute Gasteiger partial charge is 0.243 e. The second kappa shape index (κ2) is 12.3. The van der Waals surface area contributed by atoms with Crippen LogP contribution in [0.25, 0.3) is 0 Å². The van der Waals surface area contributed by atoms with Crippen molar-refractivity contribution in [2.24, 2.45) is 0 Å². The van der Waals surface area contributed by atoms with Gasteiger partial charge in [0.25, 0.3) is 0 Å². The number of carbonyl (C=O) groups excluding carboxylic acids is 2. The Morgan fingerprint density at radius 1 is 1.16 bits per heavy atom. The molecule has 1 N–H and O–H groups in total. The van der Waals surface area contributed by atoms with Crippen LogP contribution in [0.15, 0.2) is 48.5 Å². The van der Waals surface area contributed by atoms with Crippen molar-refractivity contribution in [3.8, 4) is 0 Å². The molecule has 0 bridgehead atoms. The fourth-order valence-corrected chi connectivity index (χ4v) is 5.11. The van der Waals surface area contributed by atoms with Gasteiger partial charge in [-0.05, 0) is 54.7 Å². The predicted molar refractivity (Wildman–Crippen MR) is 129 cm³/mol. The zero-order valence-electron chi connectivity index (χ0n) is 18.4. The van der Waals surface area contributed by atoms with E-state index in [4.69, 9.17) is 11.6 Å². The van der Waals surface area contributed by atoms with Gasteiger partial charge < -0.3 is 10.2 Å². The maximum atomic E-state index is 13.4. The molecule has 172 valence electrons. The van der Waals surface area contributed by atoms with E-state index in [2.05, 4.69) is 5.32 Å². The molecular weight excluding hydrogens is 447 g/mol. The lowest BCUT2D eigenvalue weighted by molar-refractivity contribution is -0.139. The van der Waals surface area contributed by atoms with E-state index in [0.717, 1.165) is 36.8 Å². The molecule has 2 amide bonds. The van der Waals surface area contributed by atoms with Crippen LogP contribution in [-0.2, 0) is 21.9 Å². The van der Waals surface area contributed by atoms with E-state index in [-0.39, 0.29) is 36.0 Å². The molecule has 1 aliphatic rings. The number of thioether (sulfide) groups is 1. The lowest BCUT2D eigenvalue weighted by atomic mass is 10.1. The van der Waals surface area contributed by atoms with Crippen LogP contribution in [0.1, 0.15) is 50.2 Å². The zero-order valence-corrected chi connectivity index (χ0v) is 19.9. The Hall–Kier alpha value is -2.05. The predicted octanol–water partition coefficient (Wildman–Crippen LogP) is 5.58. The summed E-state index contributed by atoms with van der Waals surface area (Å²) >= 11 is 7.54. The van der Waals surface area contributed by atoms with Crippen LogP contribution in [-0.4, -0.2) is 34.6 Å². The molecule has 0 saturated heterocycles. The van der Waals surface area contributed by atoms with Crippen molar-refractivity contribution in [3.63, 3.8) is 0 Å². The van der Waals surface area contributed by atoms with Crippen LogP contribution < -0.4 is 5.32 Å². The third kappa shape index (κ3) is 7.24. The monoisotopic (exact) mass is 476 g/mol. The number of hydrogen-bond donors (Lipinski definition) is 1. The van der Waals surface area contributed by atoms with Gasteiger partial charge in [-0.3, -0.25) is 9.59 Å². The van der Waals surface area contributed by atoms with Crippen LogP contribution in [0.3, 0.4) is 0 Å². The molecule has 0 unspecified atom stereocenters. The minimum atomic E-state index is -0.556. The van der Waals surface area contributed by atoms with Gasteiger partial charge >= 0.3 is 0 Å². The first kappa shape index (κ1) is 24.6. The molecule has 1 saturated carbocycles. The summed E-state index contributed by atoms with van der Waals surface area (Å²) in [6, 6.07) is 13.3. The van der Waals surface area contributed by atoms with E-state index in [1.165, 1.54) is 23.9 Å². The summed E-state index contributed by atoms with van der Waals surface area (Å²) < 4.78 is 13.4. The Balaban J connectivity index is 1.69. The van der Waals surface area contributed by atoms with Crippen molar-refractivity contribution in [2.45, 2.75) is 63.4 Å². The highest BCUT2D eigenvalue weighted by Crippen LogP contribution is 2.21. The lowest BCUT2D eigenvalue weighted by Gasteiger charge is -2.31. The second-order valence-corrected chi connectivity index (χ2v) is 9.61. The number of amides is 2. The third-order valence-corrected chi connectivity index (χ3v) is 6.96. The van der Waals surface area contributed by atoms with E-state index in [1.54, 1.807) is 17.0 Å². The summed E-state index contributed by atoms with van der Waals surface area (Å²) in [5.74, 6) is 0.377. The number of hydrogen-bond acceptors (Lipinski definition) is 3. The standard InChI is InChI=1S/C25H30ClFN2O2S/c1-2-23(25(31)28-22-8-3-4-9-22)29(15-18-10-12-21(27)13-11-18)24(30)17-32-16-19-6-5-7-20(26)14-19/h5-7,10-14,22-23H,2-4,8-9,15-17H2,1H3,(H,28,31)/t23-/m0/s1. The maximum Gasteiger partial charge on any atom is 0.243 e. The summed E-state index contributed by atoms with van der Waals surface area (Å²) in [7, 11) is 0. The third-order valence-electron chi connectivity index (χ3n) is 5.74. The first-order valence-corrected chi connectivity index (χ1v) is 12.7. The number of halogens is 2. The molecule has 0 spiro atoms. The lowest BCUT2D eigenvalue weighted by Crippen LogP contribution is -2.51. The van der Waals surface area contributed by atoms with E-state index in [9.17, 15) is 14.0 Å². The number of benzene rings is 2. The molecule has 1 atom stereocenters. The number of rotatable bonds is 10. The minimum Gasteiger partial charge on any atom is -0.352 e. The second-order valence-electron chi connectivity index (χ2n) is 8.18. The number of carbonyl (C=O) groups is 2. The topological polar surface area (TPSA) is 49.4 Å². The molecule has 0 heterocycles. The molecule has 3 rings (SSSR count). The van der Waals surface area contributed by atoms with E-state index in [0.29, 0.717) is 17.2 Å². The van der Waals surface area contributed by atoms with Gasteiger partial charge in [0.05, 0.1) is 5.75 Å². The highest BCUT2D eigenvalue weighted by atomic mass is 35.5. The fraction of sp³-hybridized carbons (Fsp3) is 0.440. The highest BCUT2D eigenvalue weighted by Gasteiger charge is 2.30. The van der Waals surface area contributed by atoms with Crippen molar-refractivity contribution in [3.05, 3.63) is 70.5 Å². The van der Waals surface area contributed by atoms with Crippen molar-refractivity contribution >= 4 is 35.2 Å². The van der Waals surface area contributed by atoms with E-state index in [1.807, 2.05) is 31.2 Å². The van der Waals surface area contributed by atoms with Crippen LogP contribution in [0, 0.1) is 5.82 Å². The van der Waals surface area contributed by atoms with Gasteiger partial charge in [-0.2, -0.15) is 0 Å². The van der Waals surface area contributed by atoms with Gasteiger partial charge in [0.1, 0.15) is 11.9 Å². The molecule has 0 aliphatic heterocycles. The Kier molecular flexibility index (Phi) is 9.42. The summed E-state index contributed by atoms with van der Waals surface area (Å²) in [5.41, 5.74) is 1.85. The van der Waals surface area contributed by atoms with Crippen LogP contribution >= 0.6 is 23.4 Å². The van der Waals surface area contributed by atoms with E-state index < -0.39 is 6.04 Å².